The summed E-state index contributed by atoms with van der Waals surface area (Å²) < 4.78 is 0. The largest absolute Gasteiger partial charge is 0.310 e. The SMILES string of the molecule is CCCNC1CCSCc2c(Cl)cccc21. The molecule has 1 atom stereocenters. The third-order valence-corrected chi connectivity index (χ3v) is 4.34. The van der Waals surface area contributed by atoms with Crippen LogP contribution in [-0.2, 0) is 5.75 Å². The van der Waals surface area contributed by atoms with E-state index in [4.69, 9.17) is 11.6 Å². The van der Waals surface area contributed by atoms with Crippen molar-refractivity contribution in [3.8, 4) is 0 Å². The van der Waals surface area contributed by atoms with E-state index in [0.29, 0.717) is 6.04 Å². The molecule has 1 aromatic rings. The highest BCUT2D eigenvalue weighted by Crippen LogP contribution is 2.34. The molecule has 1 nitrogen and oxygen atoms in total. The molecule has 0 saturated carbocycles. The molecule has 0 amide bonds. The summed E-state index contributed by atoms with van der Waals surface area (Å²) in [5.41, 5.74) is 2.74. The number of fused-ring (bicyclic) bond motifs is 1. The molecule has 1 unspecified atom stereocenters. The van der Waals surface area contributed by atoms with E-state index >= 15 is 0 Å². The zero-order valence-electron chi connectivity index (χ0n) is 9.63. The molecule has 3 heteroatoms. The van der Waals surface area contributed by atoms with E-state index in [2.05, 4.69) is 24.4 Å². The first-order valence-corrected chi connectivity index (χ1v) is 7.44. The van der Waals surface area contributed by atoms with E-state index < -0.39 is 0 Å². The second kappa shape index (κ2) is 5.95. The van der Waals surface area contributed by atoms with Crippen molar-refractivity contribution in [1.82, 2.24) is 5.32 Å². The number of benzene rings is 1. The van der Waals surface area contributed by atoms with Gasteiger partial charge in [0.25, 0.3) is 0 Å². The first kappa shape index (κ1) is 12.3. The van der Waals surface area contributed by atoms with Crippen molar-refractivity contribution < 1.29 is 0 Å². The Morgan fingerprint density at radius 3 is 3.19 bits per heavy atom. The van der Waals surface area contributed by atoms with Crippen LogP contribution in [0.4, 0.5) is 0 Å². The van der Waals surface area contributed by atoms with Gasteiger partial charge in [0.1, 0.15) is 0 Å². The molecule has 0 fully saturated rings. The number of halogens is 1. The van der Waals surface area contributed by atoms with Crippen molar-refractivity contribution in [1.29, 1.82) is 0 Å². The van der Waals surface area contributed by atoms with E-state index in [1.54, 1.807) is 0 Å². The molecular formula is C13H18ClNS. The van der Waals surface area contributed by atoms with Crippen LogP contribution in [0.25, 0.3) is 0 Å². The number of thioether (sulfide) groups is 1. The molecule has 16 heavy (non-hydrogen) atoms. The Bertz CT molecular complexity index is 354. The summed E-state index contributed by atoms with van der Waals surface area (Å²) >= 11 is 8.26. The zero-order valence-corrected chi connectivity index (χ0v) is 11.2. The normalized spacial score (nSPS) is 20.2. The molecule has 88 valence electrons. The van der Waals surface area contributed by atoms with Gasteiger partial charge in [-0.15, -0.1) is 0 Å². The Morgan fingerprint density at radius 1 is 1.50 bits per heavy atom. The monoisotopic (exact) mass is 255 g/mol. The van der Waals surface area contributed by atoms with Gasteiger partial charge in [0, 0.05) is 16.8 Å². The van der Waals surface area contributed by atoms with Crippen molar-refractivity contribution in [2.45, 2.75) is 31.6 Å². The quantitative estimate of drug-likeness (QED) is 0.876. The predicted octanol–water partition coefficient (Wildman–Crippen LogP) is 4.02. The highest BCUT2D eigenvalue weighted by Gasteiger charge is 2.19. The van der Waals surface area contributed by atoms with Gasteiger partial charge in [0.2, 0.25) is 0 Å². The predicted molar refractivity (Wildman–Crippen MR) is 73.3 cm³/mol. The molecule has 0 saturated heterocycles. The first-order chi connectivity index (χ1) is 7.83. The second-order valence-electron chi connectivity index (χ2n) is 4.16. The summed E-state index contributed by atoms with van der Waals surface area (Å²) in [6.07, 6.45) is 2.39. The number of nitrogens with one attached hydrogen (secondary N) is 1. The summed E-state index contributed by atoms with van der Waals surface area (Å²) in [6, 6.07) is 6.78. The molecule has 0 bridgehead atoms. The van der Waals surface area contributed by atoms with E-state index in [-0.39, 0.29) is 0 Å². The highest BCUT2D eigenvalue weighted by atomic mass is 35.5. The zero-order chi connectivity index (χ0) is 11.4. The third kappa shape index (κ3) is 2.73. The Balaban J connectivity index is 2.26. The summed E-state index contributed by atoms with van der Waals surface area (Å²) in [4.78, 5) is 0. The van der Waals surface area contributed by atoms with E-state index in [9.17, 15) is 0 Å². The number of hydrogen-bond acceptors (Lipinski definition) is 2. The number of hydrogen-bond donors (Lipinski definition) is 1. The molecule has 0 aromatic heterocycles. The smallest absolute Gasteiger partial charge is 0.0449 e. The fourth-order valence-corrected chi connectivity index (χ4v) is 3.52. The van der Waals surface area contributed by atoms with Crippen LogP contribution < -0.4 is 5.32 Å². The van der Waals surface area contributed by atoms with Crippen LogP contribution in [0.3, 0.4) is 0 Å². The minimum atomic E-state index is 0.489. The lowest BCUT2D eigenvalue weighted by atomic mass is 9.99. The Morgan fingerprint density at radius 2 is 2.38 bits per heavy atom. The molecule has 0 aliphatic carbocycles. The maximum absolute atomic E-state index is 6.27. The van der Waals surface area contributed by atoms with Crippen molar-refractivity contribution in [3.05, 3.63) is 34.3 Å². The van der Waals surface area contributed by atoms with Gasteiger partial charge < -0.3 is 5.32 Å². The average molecular weight is 256 g/mol. The summed E-state index contributed by atoms with van der Waals surface area (Å²) in [6.45, 7) is 3.29. The van der Waals surface area contributed by atoms with Crippen LogP contribution in [0.15, 0.2) is 18.2 Å². The van der Waals surface area contributed by atoms with Gasteiger partial charge in [-0.1, -0.05) is 30.7 Å². The van der Waals surface area contributed by atoms with Crippen LogP contribution >= 0.6 is 23.4 Å². The second-order valence-corrected chi connectivity index (χ2v) is 5.67. The minimum Gasteiger partial charge on any atom is -0.310 e. The molecule has 1 N–H and O–H groups in total. The van der Waals surface area contributed by atoms with Gasteiger partial charge in [-0.05, 0) is 42.3 Å². The third-order valence-electron chi connectivity index (χ3n) is 2.97. The van der Waals surface area contributed by atoms with Gasteiger partial charge in [-0.3, -0.25) is 0 Å². The molecule has 1 heterocycles. The Labute approximate surface area is 107 Å². The molecule has 0 spiro atoms. The first-order valence-electron chi connectivity index (χ1n) is 5.91. The van der Waals surface area contributed by atoms with Crippen LogP contribution in [-0.4, -0.2) is 12.3 Å². The maximum Gasteiger partial charge on any atom is 0.0449 e. The van der Waals surface area contributed by atoms with Crippen LogP contribution in [0, 0.1) is 0 Å². The van der Waals surface area contributed by atoms with E-state index in [0.717, 1.165) is 17.3 Å². The van der Waals surface area contributed by atoms with Crippen LogP contribution in [0.5, 0.6) is 0 Å². The summed E-state index contributed by atoms with van der Waals surface area (Å²) in [5, 5.41) is 4.55. The standard InChI is InChI=1S/C13H18ClNS/c1-2-7-15-13-6-8-16-9-11-10(13)4-3-5-12(11)14/h3-5,13,15H,2,6-9H2,1H3. The molecule has 1 aromatic carbocycles. The summed E-state index contributed by atoms with van der Waals surface area (Å²) in [5.74, 6) is 2.27. The number of rotatable bonds is 3. The fourth-order valence-electron chi connectivity index (χ4n) is 2.12. The van der Waals surface area contributed by atoms with Gasteiger partial charge >= 0.3 is 0 Å². The molecule has 0 radical (unpaired) electrons. The van der Waals surface area contributed by atoms with Crippen molar-refractivity contribution in [2.24, 2.45) is 0 Å². The topological polar surface area (TPSA) is 12.0 Å². The van der Waals surface area contributed by atoms with E-state index in [1.165, 1.54) is 29.7 Å². The summed E-state index contributed by atoms with van der Waals surface area (Å²) in [7, 11) is 0. The van der Waals surface area contributed by atoms with Gasteiger partial charge in [-0.2, -0.15) is 11.8 Å². The molecule has 1 aliphatic rings. The van der Waals surface area contributed by atoms with Gasteiger partial charge in [-0.25, -0.2) is 0 Å². The molecular weight excluding hydrogens is 238 g/mol. The van der Waals surface area contributed by atoms with Crippen molar-refractivity contribution >= 4 is 23.4 Å². The maximum atomic E-state index is 6.27. The minimum absolute atomic E-state index is 0.489. The fraction of sp³-hybridized carbons (Fsp3) is 0.538. The average Bonchev–Trinajstić information content (AvgIpc) is 2.50. The Kier molecular flexibility index (Phi) is 4.56. The Hall–Kier alpha value is -0.180. The van der Waals surface area contributed by atoms with Gasteiger partial charge in [0.15, 0.2) is 0 Å². The highest BCUT2D eigenvalue weighted by molar-refractivity contribution is 7.98. The lowest BCUT2D eigenvalue weighted by Crippen LogP contribution is -2.22. The lowest BCUT2D eigenvalue weighted by Gasteiger charge is -2.19. The lowest BCUT2D eigenvalue weighted by molar-refractivity contribution is 0.521. The van der Waals surface area contributed by atoms with Crippen molar-refractivity contribution in [2.75, 3.05) is 12.3 Å². The molecule has 1 aliphatic heterocycles. The van der Waals surface area contributed by atoms with Gasteiger partial charge in [0.05, 0.1) is 0 Å². The molecule has 2 rings (SSSR count). The van der Waals surface area contributed by atoms with E-state index in [1.807, 2.05) is 17.8 Å². The van der Waals surface area contributed by atoms with Crippen LogP contribution in [0.2, 0.25) is 5.02 Å². The van der Waals surface area contributed by atoms with Crippen LogP contribution in [0.1, 0.15) is 36.9 Å². The van der Waals surface area contributed by atoms with Crippen molar-refractivity contribution in [3.63, 3.8) is 0 Å².